The van der Waals surface area contributed by atoms with Crippen LogP contribution in [0.25, 0.3) is 0 Å². The van der Waals surface area contributed by atoms with E-state index >= 15 is 0 Å². The Morgan fingerprint density at radius 1 is 1.09 bits per heavy atom. The van der Waals surface area contributed by atoms with Crippen LogP contribution < -0.4 is 0 Å². The number of hydrogen-bond donors (Lipinski definition) is 1. The van der Waals surface area contributed by atoms with Gasteiger partial charge in [-0.1, -0.05) is 64.7 Å². The molecule has 4 nitrogen and oxygen atoms in total. The molecule has 0 saturated carbocycles. The topological polar surface area (TPSA) is 59.1 Å². The average Bonchev–Trinajstić information content (AvgIpc) is 3.31. The van der Waals surface area contributed by atoms with Gasteiger partial charge in [-0.15, -0.1) is 0 Å². The number of hydrogen-bond acceptors (Lipinski definition) is 3. The first-order valence-electron chi connectivity index (χ1n) is 8.89. The minimum atomic E-state index is -0.904. The van der Waals surface area contributed by atoms with E-state index in [1.165, 1.54) is 57.6 Å². The van der Waals surface area contributed by atoms with E-state index in [9.17, 15) is 4.79 Å². The Bertz CT molecular complexity index is 321. The Kier molecular flexibility index (Phi) is 10.8. The van der Waals surface area contributed by atoms with Gasteiger partial charge in [0.05, 0.1) is 31.2 Å². The fraction of sp³-hybridized carbons (Fsp3) is 0.833. The number of carboxylic acid groups (broad SMARTS) is 1. The second kappa shape index (κ2) is 12.5. The summed E-state index contributed by atoms with van der Waals surface area (Å²) < 4.78 is 10.4. The summed E-state index contributed by atoms with van der Waals surface area (Å²) in [6.07, 6.45) is 14.8. The highest BCUT2D eigenvalue weighted by Gasteiger charge is 2.26. The maximum atomic E-state index is 11.0. The van der Waals surface area contributed by atoms with E-state index in [1.54, 1.807) is 0 Å². The molecule has 0 aromatic rings. The number of rotatable bonds is 15. The van der Waals surface area contributed by atoms with Crippen LogP contribution >= 0.6 is 0 Å². The molecule has 4 heteroatoms. The quantitative estimate of drug-likeness (QED) is 0.206. The number of aliphatic carboxylic acids is 1. The van der Waals surface area contributed by atoms with Crippen molar-refractivity contribution in [1.29, 1.82) is 0 Å². The zero-order valence-electron chi connectivity index (χ0n) is 14.0. The lowest BCUT2D eigenvalue weighted by Gasteiger charge is -2.04. The number of ether oxygens (including phenoxy) is 2. The van der Waals surface area contributed by atoms with Gasteiger partial charge < -0.3 is 14.6 Å². The molecule has 128 valence electrons. The molecule has 1 heterocycles. The summed E-state index contributed by atoms with van der Waals surface area (Å²) >= 11 is 0. The molecular weight excluding hydrogens is 280 g/mol. The zero-order valence-corrected chi connectivity index (χ0v) is 14.0. The molecule has 1 rings (SSSR count). The normalized spacial score (nSPS) is 17.5. The molecule has 0 amide bonds. The van der Waals surface area contributed by atoms with Gasteiger partial charge in [-0.3, -0.25) is 0 Å². The number of carbonyl (C=O) groups is 1. The third-order valence-corrected chi connectivity index (χ3v) is 3.97. The van der Waals surface area contributed by atoms with Crippen LogP contribution in [0.1, 0.15) is 77.6 Å². The van der Waals surface area contributed by atoms with Crippen LogP contribution in [0.2, 0.25) is 0 Å². The Labute approximate surface area is 134 Å². The molecular formula is C18H32O4. The van der Waals surface area contributed by atoms with Crippen molar-refractivity contribution < 1.29 is 19.4 Å². The summed E-state index contributed by atoms with van der Waals surface area (Å²) in [7, 11) is 0. The van der Waals surface area contributed by atoms with Crippen molar-refractivity contribution in [3.8, 4) is 0 Å². The van der Waals surface area contributed by atoms with Gasteiger partial charge in [0.1, 0.15) is 0 Å². The summed E-state index contributed by atoms with van der Waals surface area (Å²) in [5.41, 5.74) is 0.314. The van der Waals surface area contributed by atoms with Gasteiger partial charge in [0.2, 0.25) is 0 Å². The summed E-state index contributed by atoms with van der Waals surface area (Å²) in [4.78, 5) is 11.0. The van der Waals surface area contributed by atoms with E-state index < -0.39 is 5.97 Å². The highest BCUT2D eigenvalue weighted by Crippen LogP contribution is 2.19. The first-order valence-corrected chi connectivity index (χ1v) is 8.89. The van der Waals surface area contributed by atoms with Crippen molar-refractivity contribution in [2.75, 3.05) is 13.2 Å². The average molecular weight is 312 g/mol. The first-order chi connectivity index (χ1) is 10.7. The molecule has 1 aliphatic heterocycles. The lowest BCUT2D eigenvalue weighted by Crippen LogP contribution is -2.05. The molecule has 22 heavy (non-hydrogen) atoms. The smallest absolute Gasteiger partial charge is 0.334 e. The van der Waals surface area contributed by atoms with Gasteiger partial charge in [0, 0.05) is 6.42 Å². The van der Waals surface area contributed by atoms with Crippen molar-refractivity contribution in [1.82, 2.24) is 0 Å². The van der Waals surface area contributed by atoms with Gasteiger partial charge in [0.15, 0.2) is 0 Å². The molecule has 0 aromatic carbocycles. The predicted octanol–water partition coefficient (Wildman–Crippen LogP) is 4.68. The molecule has 1 atom stereocenters. The lowest BCUT2D eigenvalue weighted by atomic mass is 10.1. The molecule has 1 fully saturated rings. The molecule has 0 spiro atoms. The van der Waals surface area contributed by atoms with E-state index in [4.69, 9.17) is 14.6 Å². The molecule has 1 saturated heterocycles. The predicted molar refractivity (Wildman–Crippen MR) is 87.9 cm³/mol. The minimum absolute atomic E-state index is 0.0864. The van der Waals surface area contributed by atoms with E-state index in [-0.39, 0.29) is 6.10 Å². The fourth-order valence-electron chi connectivity index (χ4n) is 2.45. The Morgan fingerprint density at radius 3 is 2.14 bits per heavy atom. The third-order valence-electron chi connectivity index (χ3n) is 3.97. The van der Waals surface area contributed by atoms with Gasteiger partial charge in [-0.05, 0) is 6.42 Å². The fourth-order valence-corrected chi connectivity index (χ4v) is 2.45. The monoisotopic (exact) mass is 312 g/mol. The number of unbranched alkanes of at least 4 members (excludes halogenated alkanes) is 9. The Hall–Kier alpha value is -1.03. The van der Waals surface area contributed by atoms with Gasteiger partial charge in [-0.2, -0.15) is 0 Å². The van der Waals surface area contributed by atoms with Crippen LogP contribution in [-0.4, -0.2) is 30.4 Å². The van der Waals surface area contributed by atoms with Crippen molar-refractivity contribution in [3.05, 3.63) is 11.8 Å². The van der Waals surface area contributed by atoms with Gasteiger partial charge in [0.25, 0.3) is 0 Å². The number of carboxylic acids is 1. The number of epoxide rings is 1. The van der Waals surface area contributed by atoms with E-state index in [2.05, 4.69) is 6.92 Å². The van der Waals surface area contributed by atoms with Crippen molar-refractivity contribution >= 4 is 5.97 Å². The van der Waals surface area contributed by atoms with Crippen LogP contribution in [0.4, 0.5) is 0 Å². The van der Waals surface area contributed by atoms with Gasteiger partial charge in [-0.25, -0.2) is 4.79 Å². The summed E-state index contributed by atoms with van der Waals surface area (Å²) in [5.74, 6) is -0.904. The van der Waals surface area contributed by atoms with E-state index in [0.717, 1.165) is 12.8 Å². The molecule has 1 aliphatic rings. The second-order valence-corrected chi connectivity index (χ2v) is 6.16. The first kappa shape index (κ1) is 19.0. The van der Waals surface area contributed by atoms with E-state index in [1.807, 2.05) is 0 Å². The molecule has 1 N–H and O–H groups in total. The molecule has 1 unspecified atom stereocenters. The van der Waals surface area contributed by atoms with Crippen LogP contribution in [0, 0.1) is 0 Å². The largest absolute Gasteiger partial charge is 0.501 e. The highest BCUT2D eigenvalue weighted by atomic mass is 16.6. The standard InChI is InChI=1S/C18H32O4/c1-2-3-4-5-6-7-8-9-10-11-12-21-14-16(18(19)20)13-17-15-22-17/h14,17H,2-13,15H2,1H3,(H,19,20). The highest BCUT2D eigenvalue weighted by molar-refractivity contribution is 5.86. The lowest BCUT2D eigenvalue weighted by molar-refractivity contribution is -0.133. The Morgan fingerprint density at radius 2 is 1.64 bits per heavy atom. The third kappa shape index (κ3) is 10.7. The maximum absolute atomic E-state index is 11.0. The molecule has 0 aliphatic carbocycles. The molecule has 0 aromatic heterocycles. The van der Waals surface area contributed by atoms with Crippen molar-refractivity contribution in [3.63, 3.8) is 0 Å². The van der Waals surface area contributed by atoms with E-state index in [0.29, 0.717) is 25.2 Å². The van der Waals surface area contributed by atoms with Crippen molar-refractivity contribution in [2.45, 2.75) is 83.7 Å². The van der Waals surface area contributed by atoms with Crippen molar-refractivity contribution in [2.24, 2.45) is 0 Å². The minimum Gasteiger partial charge on any atom is -0.501 e. The van der Waals surface area contributed by atoms with Gasteiger partial charge >= 0.3 is 5.97 Å². The SMILES string of the molecule is CCCCCCCCCCCCOC=C(CC1CO1)C(=O)O. The summed E-state index contributed by atoms with van der Waals surface area (Å²) in [5, 5.41) is 9.02. The van der Waals surface area contributed by atoms with Crippen LogP contribution in [0.15, 0.2) is 11.8 Å². The summed E-state index contributed by atoms with van der Waals surface area (Å²) in [6, 6.07) is 0. The van der Waals surface area contributed by atoms with Crippen LogP contribution in [0.3, 0.4) is 0 Å². The molecule has 0 bridgehead atoms. The molecule has 0 radical (unpaired) electrons. The van der Waals surface area contributed by atoms with Crippen LogP contribution in [0.5, 0.6) is 0 Å². The second-order valence-electron chi connectivity index (χ2n) is 6.16. The Balaban J connectivity index is 1.88. The van der Waals surface area contributed by atoms with Crippen LogP contribution in [-0.2, 0) is 14.3 Å². The maximum Gasteiger partial charge on any atom is 0.334 e. The summed E-state index contributed by atoms with van der Waals surface area (Å²) in [6.45, 7) is 3.53. The zero-order chi connectivity index (χ0) is 16.0.